The lowest BCUT2D eigenvalue weighted by Crippen LogP contribution is -1.90. The third-order valence-electron chi connectivity index (χ3n) is 1.41. The van der Waals surface area contributed by atoms with E-state index in [1.807, 2.05) is 12.1 Å². The van der Waals surface area contributed by atoms with Crippen molar-refractivity contribution in [2.24, 2.45) is 8.80 Å². The van der Waals surface area contributed by atoms with Crippen LogP contribution in [0.2, 0.25) is 0 Å². The van der Waals surface area contributed by atoms with Gasteiger partial charge in [0.1, 0.15) is 33.4 Å². The first-order valence-corrected chi connectivity index (χ1v) is 8.51. The zero-order valence-corrected chi connectivity index (χ0v) is 12.8. The van der Waals surface area contributed by atoms with Crippen LogP contribution in [0.3, 0.4) is 0 Å². The van der Waals surface area contributed by atoms with Gasteiger partial charge in [0, 0.05) is 0 Å². The average Bonchev–Trinajstić information content (AvgIpc) is 2.63. The summed E-state index contributed by atoms with van der Waals surface area (Å²) in [7, 11) is 5.40. The van der Waals surface area contributed by atoms with E-state index in [2.05, 4.69) is 31.4 Å². The summed E-state index contributed by atoms with van der Waals surface area (Å²) >= 11 is 5.41. The lowest BCUT2D eigenvalue weighted by Gasteiger charge is -1.92. The van der Waals surface area contributed by atoms with Crippen LogP contribution in [0.15, 0.2) is 19.9 Å². The minimum Gasteiger partial charge on any atom is -0.207 e. The van der Waals surface area contributed by atoms with Crippen molar-refractivity contribution in [1.29, 1.82) is 10.5 Å². The first-order chi connectivity index (χ1) is 7.78. The molecular weight excluding hydrogens is 399 g/mol. The number of hydrogen-bond donors (Lipinski definition) is 0. The van der Waals surface area contributed by atoms with E-state index in [1.165, 1.54) is 23.7 Å². The monoisotopic (exact) mass is 400 g/mol. The molecule has 0 N–H and O–H groups in total. The second-order valence-corrected chi connectivity index (χ2v) is 6.42. The van der Waals surface area contributed by atoms with Gasteiger partial charge in [0.15, 0.2) is 0 Å². The van der Waals surface area contributed by atoms with Crippen molar-refractivity contribution < 1.29 is 0 Å². The van der Waals surface area contributed by atoms with Crippen LogP contribution in [0.25, 0.3) is 0 Å². The van der Waals surface area contributed by atoms with E-state index in [-0.39, 0.29) is 11.1 Å². The average molecular weight is 401 g/mol. The van der Waals surface area contributed by atoms with Crippen molar-refractivity contribution in [3.8, 4) is 12.1 Å². The van der Waals surface area contributed by atoms with Gasteiger partial charge in [0.2, 0.25) is 0 Å². The molecule has 4 nitrogen and oxygen atoms in total. The van der Waals surface area contributed by atoms with Crippen LogP contribution in [0.5, 0.6) is 0 Å². The number of alkyl halides is 1. The van der Waals surface area contributed by atoms with Gasteiger partial charge < -0.3 is 0 Å². The molecule has 1 aliphatic heterocycles. The van der Waals surface area contributed by atoms with Crippen molar-refractivity contribution in [1.82, 2.24) is 0 Å². The molecule has 0 saturated carbocycles. The maximum Gasteiger partial charge on any atom is 0.131 e. The van der Waals surface area contributed by atoms with Gasteiger partial charge in [-0.25, -0.2) is 4.40 Å². The van der Waals surface area contributed by atoms with Crippen LogP contribution in [0.1, 0.15) is 0 Å². The van der Waals surface area contributed by atoms with Crippen molar-refractivity contribution in [3.05, 3.63) is 11.1 Å². The summed E-state index contributed by atoms with van der Waals surface area (Å²) in [6.07, 6.45) is 0. The molecule has 0 aliphatic carbocycles. The molecule has 16 heavy (non-hydrogen) atoms. The normalized spacial score (nSPS) is 20.2. The molecule has 0 aromatic rings. The highest BCUT2D eigenvalue weighted by molar-refractivity contribution is 14.1. The second-order valence-electron chi connectivity index (χ2n) is 2.18. The van der Waals surface area contributed by atoms with Gasteiger partial charge in [-0.3, -0.25) is 0 Å². The maximum atomic E-state index is 8.96. The van der Waals surface area contributed by atoms with Crippen LogP contribution >= 0.6 is 68.1 Å². The molecule has 0 bridgehead atoms. The summed E-state index contributed by atoms with van der Waals surface area (Å²) in [5.74, 6) is 0. The zero-order chi connectivity index (χ0) is 12.0. The number of halogens is 2. The molecule has 0 aromatic carbocycles. The van der Waals surface area contributed by atoms with Crippen molar-refractivity contribution in [2.75, 3.05) is 3.76 Å². The van der Waals surface area contributed by atoms with Crippen molar-refractivity contribution in [3.63, 3.8) is 0 Å². The highest BCUT2D eigenvalue weighted by atomic mass is 127. The minimum absolute atomic E-state index is 0.244. The molecule has 0 atom stereocenters. The molecule has 0 fully saturated rings. The predicted octanol–water partition coefficient (Wildman–Crippen LogP) is 3.72. The topological polar surface area (TPSA) is 72.3 Å². The first-order valence-electron chi connectivity index (χ1n) is 3.63. The lowest BCUT2D eigenvalue weighted by atomic mass is 10.2. The molecule has 1 aliphatic rings. The molecule has 82 valence electrons. The molecule has 0 unspecified atom stereocenters. The summed E-state index contributed by atoms with van der Waals surface area (Å²) in [5, 5.41) is 18.9. The molecular formula is C7H2ClIN4S3. The van der Waals surface area contributed by atoms with E-state index in [9.17, 15) is 0 Å². The Kier molecular flexibility index (Phi) is 6.61. The Bertz CT molecular complexity index is 459. The van der Waals surface area contributed by atoms with Gasteiger partial charge in [0.25, 0.3) is 0 Å². The van der Waals surface area contributed by atoms with Gasteiger partial charge in [-0.15, -0.1) is 0 Å². The summed E-state index contributed by atoms with van der Waals surface area (Å²) in [6, 6.07) is 3.92. The Labute approximate surface area is 124 Å². The third kappa shape index (κ3) is 3.31. The highest BCUT2D eigenvalue weighted by Gasteiger charge is 2.29. The van der Waals surface area contributed by atoms with E-state index in [0.717, 1.165) is 14.9 Å². The first kappa shape index (κ1) is 14.2. The molecule has 1 rings (SSSR count). The Morgan fingerprint density at radius 1 is 1.25 bits per heavy atom. The third-order valence-corrected chi connectivity index (χ3v) is 4.32. The Balaban J connectivity index is 3.15. The molecule has 0 spiro atoms. The van der Waals surface area contributed by atoms with Crippen molar-refractivity contribution >= 4 is 78.2 Å². The number of hydrogen-bond acceptors (Lipinski definition) is 7. The smallest absolute Gasteiger partial charge is 0.131 e. The second kappa shape index (κ2) is 7.45. The van der Waals surface area contributed by atoms with Crippen LogP contribution in [-0.4, -0.2) is 13.8 Å². The summed E-state index contributed by atoms with van der Waals surface area (Å²) < 4.78 is 8.80. The summed E-state index contributed by atoms with van der Waals surface area (Å²) in [5.41, 5.74) is 0.516. The summed E-state index contributed by atoms with van der Waals surface area (Å²) in [4.78, 5) is 0. The quantitative estimate of drug-likeness (QED) is 0.410. The van der Waals surface area contributed by atoms with E-state index in [1.54, 1.807) is 0 Å². The number of rotatable bonds is 3. The SMILES string of the molecule is N#CC1=C(C#N)C(=N\SCI)/S/C1=N/SCl. The molecule has 0 amide bonds. The fraction of sp³-hybridized carbons (Fsp3) is 0.143. The number of nitriles is 2. The van der Waals surface area contributed by atoms with Gasteiger partial charge >= 0.3 is 0 Å². The maximum absolute atomic E-state index is 8.96. The standard InChI is InChI=1S/C7H2ClIN4S3/c8-16-13-7-5(2-11)4(1-10)6(15-7)12-14-3-9/h3H2/b12-6+,13-7+. The Hall–Kier alpha value is 0.130. The molecule has 1 heterocycles. The Morgan fingerprint density at radius 3 is 2.25 bits per heavy atom. The summed E-state index contributed by atoms with van der Waals surface area (Å²) in [6.45, 7) is 0. The molecule has 0 radical (unpaired) electrons. The largest absolute Gasteiger partial charge is 0.207 e. The van der Waals surface area contributed by atoms with E-state index in [4.69, 9.17) is 21.2 Å². The van der Waals surface area contributed by atoms with Crippen LogP contribution in [-0.2, 0) is 0 Å². The van der Waals surface area contributed by atoms with E-state index in [0.29, 0.717) is 10.1 Å². The van der Waals surface area contributed by atoms with E-state index < -0.39 is 0 Å². The minimum atomic E-state index is 0.244. The fourth-order valence-electron chi connectivity index (χ4n) is 0.858. The van der Waals surface area contributed by atoms with E-state index >= 15 is 0 Å². The van der Waals surface area contributed by atoms with Crippen LogP contribution in [0, 0.1) is 22.7 Å². The highest BCUT2D eigenvalue weighted by Crippen LogP contribution is 2.33. The number of nitrogens with zero attached hydrogens (tertiary/aromatic N) is 4. The van der Waals surface area contributed by atoms with Gasteiger partial charge in [0.05, 0.1) is 14.9 Å². The fourth-order valence-corrected chi connectivity index (χ4v) is 3.27. The van der Waals surface area contributed by atoms with Gasteiger partial charge in [-0.2, -0.15) is 14.9 Å². The zero-order valence-electron chi connectivity index (χ0n) is 7.48. The molecule has 9 heteroatoms. The van der Waals surface area contributed by atoms with Crippen LogP contribution < -0.4 is 0 Å². The Morgan fingerprint density at radius 2 is 1.81 bits per heavy atom. The predicted molar refractivity (Wildman–Crippen MR) is 80.6 cm³/mol. The molecule has 0 aromatic heterocycles. The van der Waals surface area contributed by atoms with Gasteiger partial charge in [-0.1, -0.05) is 22.6 Å². The molecule has 0 saturated heterocycles. The lowest BCUT2D eigenvalue weighted by molar-refractivity contribution is 1.48. The number of thioether (sulfide) groups is 1. The van der Waals surface area contributed by atoms with Gasteiger partial charge in [-0.05, 0) is 34.4 Å². The van der Waals surface area contributed by atoms with Crippen LogP contribution in [0.4, 0.5) is 0 Å². The van der Waals surface area contributed by atoms with Crippen molar-refractivity contribution in [2.45, 2.75) is 0 Å².